The van der Waals surface area contributed by atoms with Crippen LogP contribution in [-0.4, -0.2) is 168 Å². The van der Waals surface area contributed by atoms with E-state index < -0.39 is 61.4 Å². The van der Waals surface area contributed by atoms with Crippen molar-refractivity contribution in [1.82, 2.24) is 39.8 Å². The van der Waals surface area contributed by atoms with E-state index in [0.717, 1.165) is 16.4 Å². The van der Waals surface area contributed by atoms with Gasteiger partial charge in [0.05, 0.1) is 30.2 Å². The van der Waals surface area contributed by atoms with Gasteiger partial charge < -0.3 is 61.1 Å². The number of nitrogens with zero attached hydrogens (tertiary/aromatic N) is 8. The predicted molar refractivity (Wildman–Crippen MR) is 179 cm³/mol. The Bertz CT molecular complexity index is 1500. The monoisotopic (exact) mass is 732 g/mol. The molecular formula is C32H48N10O10. The standard InChI is InChI=1S/C32H48N10O10/c33-19(12-41(34)17-23-25(43)27(45)29(47)31(49)51-23)11-39(9-10-40(13-20-5-1-3-7-35-20)14-21-6-2-4-8-36-21)15-22-16-42(38-37-22)18-24-26(44)28(46)30(48)32(50)52-24/h1-8,12,16,23-32,43-50H,9-11,13-15,17-18,33-34H2/b19-12-/t23-,24-,25+,26+,27+,28+,29-,30-,31+,32+/m1/s1. The Labute approximate surface area is 299 Å². The summed E-state index contributed by atoms with van der Waals surface area (Å²) in [5, 5.41) is 89.8. The number of rotatable bonds is 16. The Hall–Kier alpha value is -3.74. The molecule has 2 saturated heterocycles. The maximum atomic E-state index is 10.4. The number of hydrogen-bond acceptors (Lipinski definition) is 19. The second-order valence-corrected chi connectivity index (χ2v) is 13.0. The third-order valence-corrected chi connectivity index (χ3v) is 8.80. The van der Waals surface area contributed by atoms with Crippen molar-refractivity contribution >= 4 is 0 Å². The summed E-state index contributed by atoms with van der Waals surface area (Å²) < 4.78 is 11.9. The fourth-order valence-corrected chi connectivity index (χ4v) is 6.00. The van der Waals surface area contributed by atoms with Crippen LogP contribution in [0.2, 0.25) is 0 Å². The zero-order chi connectivity index (χ0) is 37.4. The van der Waals surface area contributed by atoms with Crippen molar-refractivity contribution in [3.05, 3.63) is 84.0 Å². The Morgan fingerprint density at radius 3 is 1.83 bits per heavy atom. The molecule has 12 N–H and O–H groups in total. The molecule has 5 heterocycles. The van der Waals surface area contributed by atoms with Gasteiger partial charge in [0.2, 0.25) is 0 Å². The topological polar surface area (TPSA) is 299 Å². The van der Waals surface area contributed by atoms with Crippen LogP contribution in [0.15, 0.2) is 66.9 Å². The molecule has 0 saturated carbocycles. The zero-order valence-electron chi connectivity index (χ0n) is 28.3. The molecule has 0 spiro atoms. The van der Waals surface area contributed by atoms with Crippen LogP contribution in [0.5, 0.6) is 0 Å². The number of aromatic nitrogens is 5. The molecule has 2 fully saturated rings. The molecule has 0 amide bonds. The van der Waals surface area contributed by atoms with Gasteiger partial charge in [-0.15, -0.1) is 5.10 Å². The number of hydrogen-bond donors (Lipinski definition) is 10. The molecule has 0 unspecified atom stereocenters. The van der Waals surface area contributed by atoms with E-state index in [1.54, 1.807) is 18.6 Å². The van der Waals surface area contributed by atoms with Gasteiger partial charge in [-0.05, 0) is 24.3 Å². The summed E-state index contributed by atoms with van der Waals surface area (Å²) in [5.41, 5.74) is 9.02. The summed E-state index contributed by atoms with van der Waals surface area (Å²) >= 11 is 0. The fourth-order valence-electron chi connectivity index (χ4n) is 6.00. The number of ether oxygens (including phenoxy) is 2. The third kappa shape index (κ3) is 10.7. The lowest BCUT2D eigenvalue weighted by molar-refractivity contribution is -0.284. The van der Waals surface area contributed by atoms with Crippen LogP contribution in [-0.2, 0) is 35.7 Å². The summed E-state index contributed by atoms with van der Waals surface area (Å²) in [6.45, 7) is 2.27. The molecule has 2 aliphatic rings. The third-order valence-electron chi connectivity index (χ3n) is 8.80. The summed E-state index contributed by atoms with van der Waals surface area (Å²) in [6.07, 6.45) is -8.66. The van der Waals surface area contributed by atoms with E-state index in [2.05, 4.69) is 25.2 Å². The average molecular weight is 733 g/mol. The van der Waals surface area contributed by atoms with Crippen molar-refractivity contribution in [2.45, 2.75) is 87.6 Å². The van der Waals surface area contributed by atoms with Gasteiger partial charge in [-0.1, -0.05) is 17.3 Å². The number of aliphatic hydroxyl groups is 8. The van der Waals surface area contributed by atoms with Gasteiger partial charge in [-0.25, -0.2) is 10.5 Å². The molecule has 5 rings (SSSR count). The van der Waals surface area contributed by atoms with Crippen LogP contribution in [0.25, 0.3) is 0 Å². The Kier molecular flexibility index (Phi) is 13.9. The average Bonchev–Trinajstić information content (AvgIpc) is 3.57. The van der Waals surface area contributed by atoms with Crippen LogP contribution in [0.4, 0.5) is 0 Å². The van der Waals surface area contributed by atoms with Crippen molar-refractivity contribution in [3.63, 3.8) is 0 Å². The minimum absolute atomic E-state index is 0.0728. The van der Waals surface area contributed by atoms with E-state index in [9.17, 15) is 40.9 Å². The first-order valence-electron chi connectivity index (χ1n) is 16.7. The minimum atomic E-state index is -1.71. The van der Waals surface area contributed by atoms with Crippen LogP contribution < -0.4 is 11.6 Å². The van der Waals surface area contributed by atoms with Crippen LogP contribution >= 0.6 is 0 Å². The molecule has 10 atom stereocenters. The molecule has 0 aromatic carbocycles. The second-order valence-electron chi connectivity index (χ2n) is 13.0. The minimum Gasteiger partial charge on any atom is -0.400 e. The maximum absolute atomic E-state index is 10.4. The van der Waals surface area contributed by atoms with E-state index in [1.807, 2.05) is 41.3 Å². The van der Waals surface area contributed by atoms with Crippen molar-refractivity contribution < 1.29 is 50.3 Å². The first-order chi connectivity index (χ1) is 24.9. The lowest BCUT2D eigenvalue weighted by Crippen LogP contribution is -2.60. The molecule has 3 aromatic rings. The Balaban J connectivity index is 1.29. The van der Waals surface area contributed by atoms with Gasteiger partial charge in [0.1, 0.15) is 48.8 Å². The van der Waals surface area contributed by atoms with E-state index in [-0.39, 0.29) is 26.2 Å². The summed E-state index contributed by atoms with van der Waals surface area (Å²) in [6, 6.07) is 11.4. The van der Waals surface area contributed by atoms with Crippen molar-refractivity contribution in [3.8, 4) is 0 Å². The Morgan fingerprint density at radius 2 is 1.25 bits per heavy atom. The first kappa shape index (κ1) is 39.5. The van der Waals surface area contributed by atoms with E-state index in [4.69, 9.17) is 21.1 Å². The maximum Gasteiger partial charge on any atom is 0.184 e. The molecular weight excluding hydrogens is 684 g/mol. The van der Waals surface area contributed by atoms with Crippen molar-refractivity contribution in [2.75, 3.05) is 26.2 Å². The first-order valence-corrected chi connectivity index (χ1v) is 16.7. The van der Waals surface area contributed by atoms with Gasteiger partial charge in [-0.3, -0.25) is 19.8 Å². The smallest absolute Gasteiger partial charge is 0.184 e. The summed E-state index contributed by atoms with van der Waals surface area (Å²) in [7, 11) is 0. The van der Waals surface area contributed by atoms with Gasteiger partial charge in [-0.2, -0.15) is 0 Å². The quantitative estimate of drug-likeness (QED) is 0.0488. The lowest BCUT2D eigenvalue weighted by Gasteiger charge is -2.39. The molecule has 3 aromatic heterocycles. The van der Waals surface area contributed by atoms with Gasteiger partial charge in [0.15, 0.2) is 12.6 Å². The molecule has 52 heavy (non-hydrogen) atoms. The van der Waals surface area contributed by atoms with Crippen LogP contribution in [0, 0.1) is 0 Å². The zero-order valence-corrected chi connectivity index (χ0v) is 28.3. The largest absolute Gasteiger partial charge is 0.400 e. The van der Waals surface area contributed by atoms with Crippen LogP contribution in [0.1, 0.15) is 17.1 Å². The number of pyridine rings is 2. The lowest BCUT2D eigenvalue weighted by atomic mass is 9.99. The highest BCUT2D eigenvalue weighted by atomic mass is 16.6. The second kappa shape index (κ2) is 18.3. The summed E-state index contributed by atoms with van der Waals surface area (Å²) in [5.74, 6) is 6.16. The van der Waals surface area contributed by atoms with Gasteiger partial charge in [0.25, 0.3) is 0 Å². The molecule has 20 heteroatoms. The highest BCUT2D eigenvalue weighted by molar-refractivity contribution is 5.07. The van der Waals surface area contributed by atoms with E-state index >= 15 is 0 Å². The van der Waals surface area contributed by atoms with Gasteiger partial charge in [0, 0.05) is 69.8 Å². The molecule has 0 radical (unpaired) electrons. The van der Waals surface area contributed by atoms with Crippen LogP contribution in [0.3, 0.4) is 0 Å². The molecule has 20 nitrogen and oxygen atoms in total. The van der Waals surface area contributed by atoms with E-state index in [1.165, 1.54) is 10.9 Å². The number of hydrazine groups is 1. The normalized spacial score (nSPS) is 29.9. The number of aliphatic hydroxyl groups excluding tert-OH is 8. The van der Waals surface area contributed by atoms with Crippen molar-refractivity contribution in [2.24, 2.45) is 11.6 Å². The highest BCUT2D eigenvalue weighted by Crippen LogP contribution is 2.22. The van der Waals surface area contributed by atoms with Gasteiger partial charge >= 0.3 is 0 Å². The van der Waals surface area contributed by atoms with E-state index in [0.29, 0.717) is 37.6 Å². The number of nitrogens with two attached hydrogens (primary N) is 2. The Morgan fingerprint density at radius 1 is 0.712 bits per heavy atom. The molecule has 2 aliphatic heterocycles. The molecule has 0 aliphatic carbocycles. The molecule has 286 valence electrons. The highest BCUT2D eigenvalue weighted by Gasteiger charge is 2.44. The van der Waals surface area contributed by atoms with Crippen molar-refractivity contribution in [1.29, 1.82) is 0 Å². The molecule has 0 bridgehead atoms. The predicted octanol–water partition coefficient (Wildman–Crippen LogP) is -4.85. The summed E-state index contributed by atoms with van der Waals surface area (Å²) in [4.78, 5) is 13.1. The fraction of sp³-hybridized carbons (Fsp3) is 0.562. The SMILES string of the molecule is N/C(=C\N(N)C[C@H]1O[C@H](O)[C@H](O)[C@@H](O)[C@H]1O)CN(CCN(Cc1ccccn1)Cc1ccccn1)Cc1cn(C[C@H]2O[C@H](O)[C@H](O)[C@@H](O)[C@H]2O)nn1.